The Morgan fingerprint density at radius 1 is 1.03 bits per heavy atom. The predicted octanol–water partition coefficient (Wildman–Crippen LogP) is 6.64. The van der Waals surface area contributed by atoms with Crippen LogP contribution in [-0.4, -0.2) is 24.4 Å². The number of halogens is 2. The molecule has 0 aliphatic carbocycles. The van der Waals surface area contributed by atoms with Crippen molar-refractivity contribution in [1.82, 2.24) is 0 Å². The maximum atomic E-state index is 14.4. The SMILES string of the molecule is C/C=C\N=C(Nc1ccc(C(C)=O)c(CC)c1)C(C)=N/C=C(\C)c1ccc(NC)c(F)c1F. The molecule has 0 saturated carbocycles. The normalized spacial score (nSPS) is 12.9. The van der Waals surface area contributed by atoms with Crippen LogP contribution in [0.25, 0.3) is 5.57 Å². The molecule has 0 fully saturated rings. The van der Waals surface area contributed by atoms with Crippen LogP contribution >= 0.6 is 0 Å². The van der Waals surface area contributed by atoms with Crippen molar-refractivity contribution < 1.29 is 13.6 Å². The van der Waals surface area contributed by atoms with Gasteiger partial charge in [-0.25, -0.2) is 13.8 Å². The molecule has 2 rings (SSSR count). The van der Waals surface area contributed by atoms with Crippen LogP contribution in [-0.2, 0) is 6.42 Å². The molecule has 2 N–H and O–H groups in total. The summed E-state index contributed by atoms with van der Waals surface area (Å²) in [5.74, 6) is -1.35. The number of Topliss-reactive ketones (excluding diaryl/α,β-unsaturated/α-hetero) is 1. The molecule has 0 saturated heterocycles. The summed E-state index contributed by atoms with van der Waals surface area (Å²) in [6, 6.07) is 8.52. The Morgan fingerprint density at radius 3 is 2.33 bits per heavy atom. The number of carbonyl (C=O) groups excluding carboxylic acids is 1. The fraction of sp³-hybridized carbons (Fsp3) is 0.269. The minimum absolute atomic E-state index is 0.0194. The number of rotatable bonds is 8. The van der Waals surface area contributed by atoms with Gasteiger partial charge in [0.25, 0.3) is 0 Å². The third kappa shape index (κ3) is 6.44. The number of ketones is 1. The molecule has 2 aromatic carbocycles. The van der Waals surface area contributed by atoms with Crippen LogP contribution in [0, 0.1) is 11.6 Å². The van der Waals surface area contributed by atoms with E-state index in [1.165, 1.54) is 25.4 Å². The van der Waals surface area contributed by atoms with E-state index >= 15 is 0 Å². The van der Waals surface area contributed by atoms with Gasteiger partial charge >= 0.3 is 0 Å². The molecule has 0 aliphatic rings. The second-order valence-electron chi connectivity index (χ2n) is 7.43. The minimum atomic E-state index is -0.929. The number of allylic oxidation sites excluding steroid dienone is 2. The molecule has 0 amide bonds. The zero-order valence-electron chi connectivity index (χ0n) is 19.9. The van der Waals surface area contributed by atoms with Crippen LogP contribution in [0.3, 0.4) is 0 Å². The minimum Gasteiger partial charge on any atom is -0.386 e. The second kappa shape index (κ2) is 11.9. The van der Waals surface area contributed by atoms with Gasteiger partial charge in [-0.2, -0.15) is 0 Å². The van der Waals surface area contributed by atoms with Crippen molar-refractivity contribution >= 4 is 34.3 Å². The van der Waals surface area contributed by atoms with Crippen LogP contribution in [0.2, 0.25) is 0 Å². The van der Waals surface area contributed by atoms with Crippen LogP contribution in [0.1, 0.15) is 56.1 Å². The molecule has 0 spiro atoms. The average Bonchev–Trinajstić information content (AvgIpc) is 2.81. The standard InChI is InChI=1S/C26H30F2N4O/c1-7-13-30-26(32-20-9-10-22(18(5)33)19(8-2)14-20)17(4)31-15-16(3)21-11-12-23(29-6)25(28)24(21)27/h7,9-15,29H,8H2,1-6H3,(H,30,32)/b13-7-,16-15+,31-17?. The largest absolute Gasteiger partial charge is 0.386 e. The summed E-state index contributed by atoms with van der Waals surface area (Å²) < 4.78 is 28.5. The van der Waals surface area contributed by atoms with E-state index in [4.69, 9.17) is 0 Å². The second-order valence-corrected chi connectivity index (χ2v) is 7.43. The first kappa shape index (κ1) is 25.6. The monoisotopic (exact) mass is 452 g/mol. The molecule has 174 valence electrons. The number of anilines is 2. The van der Waals surface area contributed by atoms with E-state index in [0.29, 0.717) is 22.7 Å². The number of amidine groups is 1. The molecule has 0 aromatic heterocycles. The van der Waals surface area contributed by atoms with Gasteiger partial charge in [-0.15, -0.1) is 0 Å². The smallest absolute Gasteiger partial charge is 0.182 e. The lowest BCUT2D eigenvalue weighted by atomic mass is 10.0. The van der Waals surface area contributed by atoms with Crippen molar-refractivity contribution in [3.63, 3.8) is 0 Å². The van der Waals surface area contributed by atoms with Crippen LogP contribution < -0.4 is 10.6 Å². The van der Waals surface area contributed by atoms with Gasteiger partial charge in [0.1, 0.15) is 0 Å². The topological polar surface area (TPSA) is 65.8 Å². The highest BCUT2D eigenvalue weighted by atomic mass is 19.2. The van der Waals surface area contributed by atoms with Crippen LogP contribution in [0.4, 0.5) is 20.2 Å². The Morgan fingerprint density at radius 2 is 1.73 bits per heavy atom. The number of benzene rings is 2. The lowest BCUT2D eigenvalue weighted by Gasteiger charge is -2.12. The number of nitrogens with zero attached hydrogens (tertiary/aromatic N) is 2. The fourth-order valence-corrected chi connectivity index (χ4v) is 3.18. The lowest BCUT2D eigenvalue weighted by Crippen LogP contribution is -2.20. The van der Waals surface area contributed by atoms with E-state index in [9.17, 15) is 13.6 Å². The van der Waals surface area contributed by atoms with Gasteiger partial charge in [0.15, 0.2) is 23.3 Å². The Hall–Kier alpha value is -3.61. The number of hydrogen-bond donors (Lipinski definition) is 2. The summed E-state index contributed by atoms with van der Waals surface area (Å²) in [6.45, 7) is 8.82. The first-order chi connectivity index (χ1) is 15.7. The van der Waals surface area contributed by atoms with Gasteiger partial charge in [0.2, 0.25) is 0 Å². The van der Waals surface area contributed by atoms with Crippen molar-refractivity contribution in [3.05, 3.63) is 77.1 Å². The van der Waals surface area contributed by atoms with Gasteiger partial charge in [-0.3, -0.25) is 9.79 Å². The molecule has 33 heavy (non-hydrogen) atoms. The third-order valence-electron chi connectivity index (χ3n) is 5.05. The molecule has 0 aliphatic heterocycles. The maximum absolute atomic E-state index is 14.4. The van der Waals surface area contributed by atoms with Gasteiger partial charge < -0.3 is 10.6 Å². The van der Waals surface area contributed by atoms with Gasteiger partial charge in [0.05, 0.1) is 11.4 Å². The first-order valence-electron chi connectivity index (χ1n) is 10.7. The van der Waals surface area contributed by atoms with Crippen molar-refractivity contribution in [2.45, 2.75) is 41.0 Å². The van der Waals surface area contributed by atoms with E-state index in [1.54, 1.807) is 39.1 Å². The quantitative estimate of drug-likeness (QED) is 0.268. The van der Waals surface area contributed by atoms with Crippen molar-refractivity contribution in [1.29, 1.82) is 0 Å². The highest BCUT2D eigenvalue weighted by Crippen LogP contribution is 2.25. The number of aliphatic imine (C=N–C) groups is 2. The summed E-state index contributed by atoms with van der Waals surface area (Å²) in [5.41, 5.74) is 3.65. The number of nitrogens with one attached hydrogen (secondary N) is 2. The van der Waals surface area contributed by atoms with E-state index in [-0.39, 0.29) is 17.0 Å². The van der Waals surface area contributed by atoms with E-state index in [2.05, 4.69) is 20.6 Å². The molecule has 0 heterocycles. The van der Waals surface area contributed by atoms with Crippen LogP contribution in [0.15, 0.2) is 58.8 Å². The van der Waals surface area contributed by atoms with E-state index in [0.717, 1.165) is 17.7 Å². The van der Waals surface area contributed by atoms with E-state index < -0.39 is 11.6 Å². The highest BCUT2D eigenvalue weighted by Gasteiger charge is 2.14. The number of carbonyl (C=O) groups is 1. The Labute approximate surface area is 194 Å². The first-order valence-corrected chi connectivity index (χ1v) is 10.7. The summed E-state index contributed by atoms with van der Waals surface area (Å²) in [4.78, 5) is 20.7. The summed E-state index contributed by atoms with van der Waals surface area (Å²) >= 11 is 0. The average molecular weight is 453 g/mol. The fourth-order valence-electron chi connectivity index (χ4n) is 3.18. The Kier molecular flexibility index (Phi) is 9.21. The predicted molar refractivity (Wildman–Crippen MR) is 134 cm³/mol. The van der Waals surface area contributed by atoms with Crippen molar-refractivity contribution in [2.75, 3.05) is 17.7 Å². The Balaban J connectivity index is 2.37. The van der Waals surface area contributed by atoms with Crippen molar-refractivity contribution in [3.8, 4) is 0 Å². The maximum Gasteiger partial charge on any atom is 0.182 e. The molecule has 0 atom stereocenters. The van der Waals surface area contributed by atoms with Gasteiger partial charge in [-0.05, 0) is 75.6 Å². The van der Waals surface area contributed by atoms with Gasteiger partial charge in [-0.1, -0.05) is 13.0 Å². The Bertz CT molecular complexity index is 1150. The number of hydrogen-bond acceptors (Lipinski definition) is 4. The summed E-state index contributed by atoms with van der Waals surface area (Å²) in [6.07, 6.45) is 5.62. The van der Waals surface area contributed by atoms with Crippen molar-refractivity contribution in [2.24, 2.45) is 9.98 Å². The summed E-state index contributed by atoms with van der Waals surface area (Å²) in [5, 5.41) is 5.86. The van der Waals surface area contributed by atoms with E-state index in [1.807, 2.05) is 26.0 Å². The third-order valence-corrected chi connectivity index (χ3v) is 5.05. The number of aryl methyl sites for hydroxylation is 1. The molecular weight excluding hydrogens is 422 g/mol. The zero-order chi connectivity index (χ0) is 24.5. The summed E-state index contributed by atoms with van der Waals surface area (Å²) in [7, 11) is 1.53. The molecular formula is C26H30F2N4O. The molecule has 2 aromatic rings. The highest BCUT2D eigenvalue weighted by molar-refractivity contribution is 6.45. The molecule has 0 radical (unpaired) electrons. The molecule has 5 nitrogen and oxygen atoms in total. The molecule has 0 bridgehead atoms. The molecule has 7 heteroatoms. The molecule has 0 unspecified atom stereocenters. The zero-order valence-corrected chi connectivity index (χ0v) is 19.9. The van der Waals surface area contributed by atoms with Gasteiger partial charge in [0, 0.05) is 36.3 Å². The van der Waals surface area contributed by atoms with Crippen LogP contribution in [0.5, 0.6) is 0 Å². The lowest BCUT2D eigenvalue weighted by molar-refractivity contribution is 0.101.